The van der Waals surface area contributed by atoms with Crippen LogP contribution in [-0.2, 0) is 16.1 Å². The summed E-state index contributed by atoms with van der Waals surface area (Å²) in [6.45, 7) is 7.06. The monoisotopic (exact) mass is 450 g/mol. The topological polar surface area (TPSA) is 99.3 Å². The maximum Gasteiger partial charge on any atom is 0.242 e. The highest BCUT2D eigenvalue weighted by Crippen LogP contribution is 2.26. The Morgan fingerprint density at radius 1 is 1.09 bits per heavy atom. The Labute approximate surface area is 195 Å². The second kappa shape index (κ2) is 10.6. The van der Waals surface area contributed by atoms with Crippen molar-refractivity contribution in [2.45, 2.75) is 58.5 Å². The molecule has 8 heteroatoms. The van der Waals surface area contributed by atoms with Crippen molar-refractivity contribution >= 4 is 29.1 Å². The van der Waals surface area contributed by atoms with Gasteiger partial charge in [-0.1, -0.05) is 26.0 Å². The van der Waals surface area contributed by atoms with Crippen molar-refractivity contribution in [1.82, 2.24) is 20.6 Å². The minimum Gasteiger partial charge on any atom is -0.353 e. The molecule has 1 aromatic heterocycles. The number of carbonyl (C=O) groups is 2. The molecule has 3 N–H and O–H groups in total. The number of piperidine rings is 2. The molecule has 2 aliphatic heterocycles. The van der Waals surface area contributed by atoms with Gasteiger partial charge in [-0.3, -0.25) is 9.59 Å². The number of hydrogen-bond acceptors (Lipinski definition) is 6. The van der Waals surface area contributed by atoms with Crippen molar-refractivity contribution in [2.75, 3.05) is 23.3 Å². The highest BCUT2D eigenvalue weighted by atomic mass is 16.2. The molecule has 0 bridgehead atoms. The predicted molar refractivity (Wildman–Crippen MR) is 129 cm³/mol. The molecular weight excluding hydrogens is 416 g/mol. The number of anilines is 3. The van der Waals surface area contributed by atoms with Gasteiger partial charge in [0.15, 0.2) is 0 Å². The molecular formula is C25H34N6O2. The van der Waals surface area contributed by atoms with Gasteiger partial charge in [-0.2, -0.15) is 0 Å². The summed E-state index contributed by atoms with van der Waals surface area (Å²) in [5.41, 5.74) is 2.76. The predicted octanol–water partition coefficient (Wildman–Crippen LogP) is 3.38. The van der Waals surface area contributed by atoms with Gasteiger partial charge in [-0.25, -0.2) is 9.97 Å². The van der Waals surface area contributed by atoms with Crippen molar-refractivity contribution in [2.24, 2.45) is 11.8 Å². The fraction of sp³-hybridized carbons (Fsp3) is 0.520. The molecule has 0 unspecified atom stereocenters. The number of nitrogens with one attached hydrogen (secondary N) is 3. The van der Waals surface area contributed by atoms with E-state index in [2.05, 4.69) is 44.7 Å². The minimum atomic E-state index is -0.420. The number of rotatable bonds is 7. The lowest BCUT2D eigenvalue weighted by Crippen LogP contribution is -2.48. The van der Waals surface area contributed by atoms with E-state index in [-0.39, 0.29) is 11.8 Å². The van der Waals surface area contributed by atoms with E-state index in [1.165, 1.54) is 12.8 Å². The number of aromatic nitrogens is 2. The lowest BCUT2D eigenvalue weighted by Gasteiger charge is -2.33. The van der Waals surface area contributed by atoms with Crippen LogP contribution in [0.3, 0.4) is 0 Å². The molecule has 176 valence electrons. The molecule has 1 aromatic carbocycles. The molecule has 2 aliphatic rings. The van der Waals surface area contributed by atoms with Gasteiger partial charge in [-0.15, -0.1) is 0 Å². The van der Waals surface area contributed by atoms with E-state index in [0.29, 0.717) is 19.4 Å². The molecule has 0 radical (unpaired) electrons. The Balaban J connectivity index is 1.25. The standard InChI is InChI=1S/C25H34N6O2/c1-17(2)19-10-12-31(13-11-19)25-27-15-21(16-28-25)29-20-8-6-18(7-9-20)14-26-24(33)22-4-3-5-23(32)30-22/h6-9,15-17,19,22,29H,3-5,10-14H2,1-2H3,(H,26,33)(H,30,32)/t22-/m0/s1. The molecule has 33 heavy (non-hydrogen) atoms. The second-order valence-corrected chi connectivity index (χ2v) is 9.39. The van der Waals surface area contributed by atoms with Crippen LogP contribution in [0, 0.1) is 11.8 Å². The van der Waals surface area contributed by atoms with E-state index in [4.69, 9.17) is 0 Å². The Bertz CT molecular complexity index is 936. The van der Waals surface area contributed by atoms with E-state index in [1.54, 1.807) is 0 Å². The molecule has 0 saturated carbocycles. The first kappa shape index (κ1) is 23.0. The first-order chi connectivity index (χ1) is 16.0. The quantitative estimate of drug-likeness (QED) is 0.598. The summed E-state index contributed by atoms with van der Waals surface area (Å²) in [7, 11) is 0. The van der Waals surface area contributed by atoms with Crippen LogP contribution in [-0.4, -0.2) is 40.9 Å². The van der Waals surface area contributed by atoms with E-state index in [9.17, 15) is 9.59 Å². The highest BCUT2D eigenvalue weighted by molar-refractivity contribution is 5.88. The van der Waals surface area contributed by atoms with E-state index in [0.717, 1.165) is 54.2 Å². The van der Waals surface area contributed by atoms with Crippen molar-refractivity contribution < 1.29 is 9.59 Å². The average molecular weight is 451 g/mol. The summed E-state index contributed by atoms with van der Waals surface area (Å²) in [6, 6.07) is 7.45. The largest absolute Gasteiger partial charge is 0.353 e. The number of amides is 2. The van der Waals surface area contributed by atoms with Gasteiger partial charge >= 0.3 is 0 Å². The van der Waals surface area contributed by atoms with Crippen molar-refractivity contribution in [3.05, 3.63) is 42.2 Å². The van der Waals surface area contributed by atoms with Crippen LogP contribution in [0.2, 0.25) is 0 Å². The van der Waals surface area contributed by atoms with Gasteiger partial charge in [0.05, 0.1) is 18.1 Å². The smallest absolute Gasteiger partial charge is 0.242 e. The van der Waals surface area contributed by atoms with Crippen LogP contribution < -0.4 is 20.9 Å². The van der Waals surface area contributed by atoms with Crippen LogP contribution in [0.5, 0.6) is 0 Å². The zero-order chi connectivity index (χ0) is 23.2. The zero-order valence-corrected chi connectivity index (χ0v) is 19.5. The number of hydrogen-bond donors (Lipinski definition) is 3. The van der Waals surface area contributed by atoms with Gasteiger partial charge in [0.1, 0.15) is 6.04 Å². The van der Waals surface area contributed by atoms with Crippen LogP contribution in [0.25, 0.3) is 0 Å². The molecule has 0 aliphatic carbocycles. The van der Waals surface area contributed by atoms with Crippen LogP contribution >= 0.6 is 0 Å². The fourth-order valence-electron chi connectivity index (χ4n) is 4.50. The molecule has 2 aromatic rings. The lowest BCUT2D eigenvalue weighted by atomic mass is 9.87. The van der Waals surface area contributed by atoms with Crippen molar-refractivity contribution in [3.63, 3.8) is 0 Å². The maximum atomic E-state index is 12.3. The maximum absolute atomic E-state index is 12.3. The minimum absolute atomic E-state index is 0.0514. The van der Waals surface area contributed by atoms with Crippen LogP contribution in [0.15, 0.2) is 36.7 Å². The van der Waals surface area contributed by atoms with E-state index < -0.39 is 6.04 Å². The highest BCUT2D eigenvalue weighted by Gasteiger charge is 2.24. The Kier molecular flexibility index (Phi) is 7.42. The van der Waals surface area contributed by atoms with Gasteiger partial charge in [0.2, 0.25) is 17.8 Å². The first-order valence-electron chi connectivity index (χ1n) is 12.0. The third kappa shape index (κ3) is 6.21. The molecule has 2 amide bonds. The zero-order valence-electron chi connectivity index (χ0n) is 19.5. The summed E-state index contributed by atoms with van der Waals surface area (Å²) >= 11 is 0. The Hall–Kier alpha value is -3.16. The third-order valence-corrected chi connectivity index (χ3v) is 6.66. The van der Waals surface area contributed by atoms with E-state index in [1.807, 2.05) is 36.7 Å². The van der Waals surface area contributed by atoms with Crippen LogP contribution in [0.4, 0.5) is 17.3 Å². The summed E-state index contributed by atoms with van der Waals surface area (Å²) in [5, 5.41) is 8.98. The van der Waals surface area contributed by atoms with Gasteiger partial charge < -0.3 is 20.9 Å². The van der Waals surface area contributed by atoms with Crippen LogP contribution in [0.1, 0.15) is 51.5 Å². The summed E-state index contributed by atoms with van der Waals surface area (Å²) in [5.74, 6) is 2.15. The lowest BCUT2D eigenvalue weighted by molar-refractivity contribution is -0.131. The molecule has 0 spiro atoms. The fourth-order valence-corrected chi connectivity index (χ4v) is 4.50. The average Bonchev–Trinajstić information content (AvgIpc) is 2.84. The summed E-state index contributed by atoms with van der Waals surface area (Å²) in [4.78, 5) is 35.1. The summed E-state index contributed by atoms with van der Waals surface area (Å²) < 4.78 is 0. The third-order valence-electron chi connectivity index (χ3n) is 6.66. The Morgan fingerprint density at radius 3 is 2.42 bits per heavy atom. The second-order valence-electron chi connectivity index (χ2n) is 9.39. The SMILES string of the molecule is CC(C)C1CCN(c2ncc(Nc3ccc(CNC(=O)[C@@H]4CCCC(=O)N4)cc3)cn2)CC1. The molecule has 3 heterocycles. The molecule has 8 nitrogen and oxygen atoms in total. The molecule has 2 fully saturated rings. The first-order valence-corrected chi connectivity index (χ1v) is 12.0. The van der Waals surface area contributed by atoms with Gasteiger partial charge in [0, 0.05) is 31.7 Å². The molecule has 4 rings (SSSR count). The van der Waals surface area contributed by atoms with E-state index >= 15 is 0 Å². The molecule has 2 saturated heterocycles. The number of carbonyl (C=O) groups excluding carboxylic acids is 2. The van der Waals surface area contributed by atoms with Crippen molar-refractivity contribution in [1.29, 1.82) is 0 Å². The molecule has 1 atom stereocenters. The van der Waals surface area contributed by atoms with Gasteiger partial charge in [-0.05, 0) is 55.2 Å². The number of nitrogens with zero attached hydrogens (tertiary/aromatic N) is 3. The van der Waals surface area contributed by atoms with Crippen molar-refractivity contribution in [3.8, 4) is 0 Å². The normalized spacial score (nSPS) is 19.3. The Morgan fingerprint density at radius 2 is 1.79 bits per heavy atom. The summed E-state index contributed by atoms with van der Waals surface area (Å²) in [6.07, 6.45) is 7.99. The van der Waals surface area contributed by atoms with Gasteiger partial charge in [0.25, 0.3) is 0 Å². The number of benzene rings is 1.